The van der Waals surface area contributed by atoms with Crippen LogP contribution in [0.3, 0.4) is 0 Å². The van der Waals surface area contributed by atoms with Gasteiger partial charge in [-0.3, -0.25) is 4.99 Å². The first-order valence-electron chi connectivity index (χ1n) is 7.91. The quantitative estimate of drug-likeness (QED) is 0.646. The number of aliphatic imine (C=N–C) groups is 1. The fourth-order valence-corrected chi connectivity index (χ4v) is 2.60. The molecule has 1 N–H and O–H groups in total. The van der Waals surface area contributed by atoms with Crippen LogP contribution in [0.1, 0.15) is 30.9 Å². The molecule has 0 spiro atoms. The van der Waals surface area contributed by atoms with E-state index in [1.807, 2.05) is 7.05 Å². The Kier molecular flexibility index (Phi) is 5.90. The topological polar surface area (TPSA) is 36.9 Å². The minimum Gasteiger partial charge on any atom is -0.493 e. The Balaban J connectivity index is 1.80. The van der Waals surface area contributed by atoms with Crippen LogP contribution in [0, 0.1) is 0 Å². The number of benzene rings is 1. The number of fused-ring (bicyclic) bond motifs is 1. The lowest BCUT2D eigenvalue weighted by Crippen LogP contribution is -2.40. The average molecular weight is 289 g/mol. The number of unbranched alkanes of at least 4 members (excludes halogenated alkanes) is 1. The standard InChI is InChI=1S/C17H27N3O/c1-4-5-11-20(3)17(18-2)19-10-8-14-6-7-16-15(13-14)9-12-21-16/h6-7,13H,4-5,8-12H2,1-3H3,(H,18,19). The fraction of sp³-hybridized carbons (Fsp3) is 0.588. The van der Waals surface area contributed by atoms with Crippen LogP contribution in [-0.2, 0) is 12.8 Å². The van der Waals surface area contributed by atoms with Gasteiger partial charge in [-0.25, -0.2) is 0 Å². The van der Waals surface area contributed by atoms with Gasteiger partial charge in [0.05, 0.1) is 6.61 Å². The Morgan fingerprint density at radius 1 is 1.43 bits per heavy atom. The van der Waals surface area contributed by atoms with Crippen molar-refractivity contribution in [2.24, 2.45) is 4.99 Å². The van der Waals surface area contributed by atoms with Gasteiger partial charge in [0.15, 0.2) is 5.96 Å². The number of nitrogens with one attached hydrogen (secondary N) is 1. The SMILES string of the molecule is CCCCN(C)C(=NC)NCCc1ccc2c(c1)CCO2. The summed E-state index contributed by atoms with van der Waals surface area (Å²) in [6, 6.07) is 6.53. The summed E-state index contributed by atoms with van der Waals surface area (Å²) in [5.74, 6) is 2.04. The van der Waals surface area contributed by atoms with E-state index in [1.165, 1.54) is 24.0 Å². The van der Waals surface area contributed by atoms with Crippen LogP contribution in [0.5, 0.6) is 5.75 Å². The summed E-state index contributed by atoms with van der Waals surface area (Å²) in [6.07, 6.45) is 4.45. The maximum Gasteiger partial charge on any atom is 0.193 e. The highest BCUT2D eigenvalue weighted by Crippen LogP contribution is 2.25. The van der Waals surface area contributed by atoms with E-state index in [0.29, 0.717) is 0 Å². The Labute approximate surface area is 128 Å². The maximum absolute atomic E-state index is 5.54. The zero-order valence-corrected chi connectivity index (χ0v) is 13.5. The fourth-order valence-electron chi connectivity index (χ4n) is 2.60. The lowest BCUT2D eigenvalue weighted by molar-refractivity contribution is 0.357. The molecule has 116 valence electrons. The van der Waals surface area contributed by atoms with E-state index < -0.39 is 0 Å². The first-order chi connectivity index (χ1) is 10.2. The van der Waals surface area contributed by atoms with Crippen molar-refractivity contribution in [3.05, 3.63) is 29.3 Å². The average Bonchev–Trinajstić information content (AvgIpc) is 2.96. The van der Waals surface area contributed by atoms with Gasteiger partial charge in [-0.15, -0.1) is 0 Å². The molecule has 4 heteroatoms. The second-order valence-corrected chi connectivity index (χ2v) is 5.54. The van der Waals surface area contributed by atoms with Gasteiger partial charge in [-0.05, 0) is 30.0 Å². The third kappa shape index (κ3) is 4.38. The van der Waals surface area contributed by atoms with Crippen LogP contribution in [0.2, 0.25) is 0 Å². The Hall–Kier alpha value is -1.71. The molecule has 0 unspecified atom stereocenters. The van der Waals surface area contributed by atoms with E-state index in [1.54, 1.807) is 0 Å². The summed E-state index contributed by atoms with van der Waals surface area (Å²) in [6.45, 7) is 4.99. The van der Waals surface area contributed by atoms with Crippen molar-refractivity contribution in [2.45, 2.75) is 32.6 Å². The molecule has 0 aliphatic carbocycles. The van der Waals surface area contributed by atoms with Gasteiger partial charge >= 0.3 is 0 Å². The van der Waals surface area contributed by atoms with Crippen molar-refractivity contribution in [1.29, 1.82) is 0 Å². The lowest BCUT2D eigenvalue weighted by atomic mass is 10.1. The van der Waals surface area contributed by atoms with E-state index in [2.05, 4.69) is 47.4 Å². The molecule has 0 fully saturated rings. The van der Waals surface area contributed by atoms with Crippen LogP contribution in [-0.4, -0.2) is 44.7 Å². The van der Waals surface area contributed by atoms with Gasteiger partial charge in [-0.2, -0.15) is 0 Å². The molecule has 1 aliphatic heterocycles. The molecule has 1 aromatic carbocycles. The van der Waals surface area contributed by atoms with Gasteiger partial charge in [0, 0.05) is 33.6 Å². The van der Waals surface area contributed by atoms with Gasteiger partial charge in [0.2, 0.25) is 0 Å². The first-order valence-corrected chi connectivity index (χ1v) is 7.91. The third-order valence-electron chi connectivity index (χ3n) is 3.87. The summed E-state index contributed by atoms with van der Waals surface area (Å²) in [5, 5.41) is 3.44. The molecule has 1 heterocycles. The molecule has 0 atom stereocenters. The molecule has 0 aromatic heterocycles. The minimum atomic E-state index is 0.825. The van der Waals surface area contributed by atoms with Gasteiger partial charge < -0.3 is 15.0 Å². The monoisotopic (exact) mass is 289 g/mol. The third-order valence-corrected chi connectivity index (χ3v) is 3.87. The summed E-state index contributed by atoms with van der Waals surface area (Å²) in [7, 11) is 3.94. The number of rotatable bonds is 6. The largest absolute Gasteiger partial charge is 0.493 e. The van der Waals surface area contributed by atoms with Crippen molar-refractivity contribution in [1.82, 2.24) is 10.2 Å². The van der Waals surface area contributed by atoms with Gasteiger partial charge in [0.25, 0.3) is 0 Å². The molecule has 0 saturated carbocycles. The van der Waals surface area contributed by atoms with Gasteiger partial charge in [0.1, 0.15) is 5.75 Å². The summed E-state index contributed by atoms with van der Waals surface area (Å²) in [4.78, 5) is 6.54. The molecular formula is C17H27N3O. The lowest BCUT2D eigenvalue weighted by Gasteiger charge is -2.21. The smallest absolute Gasteiger partial charge is 0.193 e. The summed E-state index contributed by atoms with van der Waals surface area (Å²) in [5.41, 5.74) is 2.70. The maximum atomic E-state index is 5.54. The zero-order valence-electron chi connectivity index (χ0n) is 13.5. The number of nitrogens with zero attached hydrogens (tertiary/aromatic N) is 2. The van der Waals surface area contributed by atoms with E-state index in [0.717, 1.165) is 44.2 Å². The van der Waals surface area contributed by atoms with Gasteiger partial charge in [-0.1, -0.05) is 25.5 Å². The number of hydrogen-bond donors (Lipinski definition) is 1. The predicted molar refractivity (Wildman–Crippen MR) is 88.2 cm³/mol. The van der Waals surface area contributed by atoms with Crippen molar-refractivity contribution in [3.8, 4) is 5.75 Å². The Morgan fingerprint density at radius 2 is 2.29 bits per heavy atom. The van der Waals surface area contributed by atoms with Crippen molar-refractivity contribution in [2.75, 3.05) is 33.8 Å². The van der Waals surface area contributed by atoms with Crippen molar-refractivity contribution >= 4 is 5.96 Å². The molecule has 0 radical (unpaired) electrons. The van der Waals surface area contributed by atoms with E-state index in [4.69, 9.17) is 4.74 Å². The van der Waals surface area contributed by atoms with Crippen LogP contribution in [0.25, 0.3) is 0 Å². The molecular weight excluding hydrogens is 262 g/mol. The second-order valence-electron chi connectivity index (χ2n) is 5.54. The van der Waals surface area contributed by atoms with Crippen LogP contribution in [0.4, 0.5) is 0 Å². The van der Waals surface area contributed by atoms with Crippen molar-refractivity contribution < 1.29 is 4.74 Å². The number of guanidine groups is 1. The molecule has 2 rings (SSSR count). The minimum absolute atomic E-state index is 0.825. The molecule has 0 amide bonds. The van der Waals surface area contributed by atoms with Crippen LogP contribution in [0.15, 0.2) is 23.2 Å². The molecule has 4 nitrogen and oxygen atoms in total. The summed E-state index contributed by atoms with van der Waals surface area (Å²) >= 11 is 0. The molecule has 1 aliphatic rings. The van der Waals surface area contributed by atoms with E-state index in [-0.39, 0.29) is 0 Å². The Bertz CT molecular complexity index is 485. The number of hydrogen-bond acceptors (Lipinski definition) is 2. The molecule has 1 aromatic rings. The molecule has 21 heavy (non-hydrogen) atoms. The number of ether oxygens (including phenoxy) is 1. The summed E-state index contributed by atoms with van der Waals surface area (Å²) < 4.78 is 5.54. The normalized spacial score (nSPS) is 13.8. The highest BCUT2D eigenvalue weighted by Gasteiger charge is 2.12. The molecule has 0 bridgehead atoms. The van der Waals surface area contributed by atoms with Crippen molar-refractivity contribution in [3.63, 3.8) is 0 Å². The first kappa shape index (κ1) is 15.7. The second kappa shape index (κ2) is 7.91. The molecule has 0 saturated heterocycles. The van der Waals surface area contributed by atoms with Crippen LogP contribution >= 0.6 is 0 Å². The highest BCUT2D eigenvalue weighted by molar-refractivity contribution is 5.79. The highest BCUT2D eigenvalue weighted by atomic mass is 16.5. The zero-order chi connectivity index (χ0) is 15.1. The van der Waals surface area contributed by atoms with E-state index >= 15 is 0 Å². The van der Waals surface area contributed by atoms with E-state index in [9.17, 15) is 0 Å². The van der Waals surface area contributed by atoms with Crippen LogP contribution < -0.4 is 10.1 Å². The predicted octanol–water partition coefficient (Wildman–Crippen LogP) is 2.47. The Morgan fingerprint density at radius 3 is 3.05 bits per heavy atom.